The zero-order valence-electron chi connectivity index (χ0n) is 11.3. The molecule has 0 aromatic carbocycles. The summed E-state index contributed by atoms with van der Waals surface area (Å²) in [6.07, 6.45) is 7.99. The Morgan fingerprint density at radius 3 is 3.06 bits per heavy atom. The Morgan fingerprint density at radius 1 is 1.53 bits per heavy atom. The van der Waals surface area contributed by atoms with E-state index in [1.54, 1.807) is 0 Å². The number of hydrogen-bond donors (Lipinski definition) is 1. The second kappa shape index (κ2) is 5.67. The van der Waals surface area contributed by atoms with Crippen molar-refractivity contribution in [3.05, 3.63) is 18.0 Å². The monoisotopic (exact) mass is 235 g/mol. The van der Waals surface area contributed by atoms with Crippen LogP contribution in [0.3, 0.4) is 0 Å². The first kappa shape index (κ1) is 12.6. The Labute approximate surface area is 105 Å². The van der Waals surface area contributed by atoms with Crippen molar-refractivity contribution in [2.24, 2.45) is 5.92 Å². The second-order valence-electron chi connectivity index (χ2n) is 5.62. The van der Waals surface area contributed by atoms with E-state index >= 15 is 0 Å². The first-order chi connectivity index (χ1) is 8.20. The van der Waals surface area contributed by atoms with Gasteiger partial charge < -0.3 is 5.32 Å². The van der Waals surface area contributed by atoms with Gasteiger partial charge >= 0.3 is 0 Å². The van der Waals surface area contributed by atoms with Crippen molar-refractivity contribution in [2.45, 2.75) is 58.5 Å². The maximum Gasteiger partial charge on any atom is 0.0525 e. The molecule has 0 bridgehead atoms. The van der Waals surface area contributed by atoms with Crippen LogP contribution < -0.4 is 5.32 Å². The maximum absolute atomic E-state index is 4.45. The molecule has 2 heterocycles. The number of hydrogen-bond acceptors (Lipinski definition) is 2. The number of nitrogens with zero attached hydrogens (tertiary/aromatic N) is 2. The Balaban J connectivity index is 2.03. The van der Waals surface area contributed by atoms with Crippen molar-refractivity contribution >= 4 is 0 Å². The van der Waals surface area contributed by atoms with E-state index in [0.29, 0.717) is 12.0 Å². The van der Waals surface area contributed by atoms with Crippen LogP contribution in [0.2, 0.25) is 0 Å². The lowest BCUT2D eigenvalue weighted by molar-refractivity contribution is 0.433. The van der Waals surface area contributed by atoms with Gasteiger partial charge in [-0.1, -0.05) is 20.8 Å². The van der Waals surface area contributed by atoms with Crippen molar-refractivity contribution in [3.63, 3.8) is 0 Å². The van der Waals surface area contributed by atoms with Crippen LogP contribution in [0.1, 0.15) is 51.5 Å². The van der Waals surface area contributed by atoms with Crippen molar-refractivity contribution in [1.82, 2.24) is 15.1 Å². The lowest BCUT2D eigenvalue weighted by Gasteiger charge is -2.20. The molecule has 2 unspecified atom stereocenters. The van der Waals surface area contributed by atoms with E-state index in [-0.39, 0.29) is 0 Å². The van der Waals surface area contributed by atoms with Crippen LogP contribution in [0.25, 0.3) is 0 Å². The first-order valence-electron chi connectivity index (χ1n) is 6.96. The number of nitrogens with one attached hydrogen (secondary N) is 1. The molecule has 1 N–H and O–H groups in total. The van der Waals surface area contributed by atoms with Crippen LogP contribution in [0, 0.1) is 5.92 Å². The summed E-state index contributed by atoms with van der Waals surface area (Å²) in [4.78, 5) is 0. The molecule has 2 rings (SSSR count). The second-order valence-corrected chi connectivity index (χ2v) is 5.62. The molecule has 3 heteroatoms. The van der Waals surface area contributed by atoms with Gasteiger partial charge in [0.25, 0.3) is 0 Å². The summed E-state index contributed by atoms with van der Waals surface area (Å²) >= 11 is 0. The highest BCUT2D eigenvalue weighted by molar-refractivity contribution is 5.16. The van der Waals surface area contributed by atoms with Gasteiger partial charge in [0.2, 0.25) is 0 Å². The molecule has 0 aliphatic carbocycles. The molecular formula is C14H25N3. The molecule has 2 atom stereocenters. The van der Waals surface area contributed by atoms with Crippen molar-refractivity contribution in [2.75, 3.05) is 6.54 Å². The zero-order valence-corrected chi connectivity index (χ0v) is 11.3. The van der Waals surface area contributed by atoms with E-state index in [1.165, 1.54) is 18.4 Å². The van der Waals surface area contributed by atoms with Crippen LogP contribution in [0.5, 0.6) is 0 Å². The van der Waals surface area contributed by atoms with E-state index in [2.05, 4.69) is 48.3 Å². The van der Waals surface area contributed by atoms with E-state index in [9.17, 15) is 0 Å². The third-order valence-corrected chi connectivity index (χ3v) is 3.61. The van der Waals surface area contributed by atoms with Crippen LogP contribution in [-0.2, 0) is 6.54 Å². The standard InChI is InChI=1S/C14H25N3/c1-4-7-17-10-12(9-16-17)13-5-6-15-14(13)8-11(2)3/h9-11,13-15H,4-8H2,1-3H3. The lowest BCUT2D eigenvalue weighted by Crippen LogP contribution is -2.27. The fraction of sp³-hybridized carbons (Fsp3) is 0.786. The highest BCUT2D eigenvalue weighted by Crippen LogP contribution is 2.30. The van der Waals surface area contributed by atoms with Gasteiger partial charge in [-0.25, -0.2) is 0 Å². The first-order valence-corrected chi connectivity index (χ1v) is 6.96. The quantitative estimate of drug-likeness (QED) is 0.850. The minimum absolute atomic E-state index is 0.647. The van der Waals surface area contributed by atoms with E-state index in [0.717, 1.165) is 25.4 Å². The topological polar surface area (TPSA) is 29.9 Å². The van der Waals surface area contributed by atoms with Crippen LogP contribution in [0.15, 0.2) is 12.4 Å². The summed E-state index contributed by atoms with van der Waals surface area (Å²) in [5.74, 6) is 1.43. The summed E-state index contributed by atoms with van der Waals surface area (Å²) in [5, 5.41) is 8.09. The SMILES string of the molecule is CCCn1cc(C2CCNC2CC(C)C)cn1. The molecule has 1 aliphatic heterocycles. The Bertz CT molecular complexity index is 343. The normalized spacial score (nSPS) is 24.7. The third kappa shape index (κ3) is 3.09. The van der Waals surface area contributed by atoms with Gasteiger partial charge in [-0.2, -0.15) is 5.10 Å². The lowest BCUT2D eigenvalue weighted by atomic mass is 9.89. The van der Waals surface area contributed by atoms with Crippen molar-refractivity contribution in [3.8, 4) is 0 Å². The predicted octanol–water partition coefficient (Wildman–Crippen LogP) is 2.78. The molecule has 96 valence electrons. The van der Waals surface area contributed by atoms with Crippen LogP contribution >= 0.6 is 0 Å². The smallest absolute Gasteiger partial charge is 0.0525 e. The van der Waals surface area contributed by atoms with Gasteiger partial charge in [-0.05, 0) is 37.3 Å². The van der Waals surface area contributed by atoms with Crippen molar-refractivity contribution < 1.29 is 0 Å². The fourth-order valence-corrected chi connectivity index (χ4v) is 2.84. The molecule has 0 spiro atoms. The van der Waals surface area contributed by atoms with Crippen LogP contribution in [0.4, 0.5) is 0 Å². The minimum atomic E-state index is 0.647. The molecule has 17 heavy (non-hydrogen) atoms. The van der Waals surface area contributed by atoms with Gasteiger partial charge in [-0.15, -0.1) is 0 Å². The highest BCUT2D eigenvalue weighted by atomic mass is 15.3. The third-order valence-electron chi connectivity index (χ3n) is 3.61. The molecule has 1 saturated heterocycles. The summed E-state index contributed by atoms with van der Waals surface area (Å²) in [6, 6.07) is 0.647. The Morgan fingerprint density at radius 2 is 2.35 bits per heavy atom. The summed E-state index contributed by atoms with van der Waals surface area (Å²) in [5.41, 5.74) is 1.43. The molecule has 1 fully saturated rings. The molecule has 1 aromatic heterocycles. The Kier molecular flexibility index (Phi) is 4.21. The predicted molar refractivity (Wildman–Crippen MR) is 71.1 cm³/mol. The molecule has 1 aliphatic rings. The van der Waals surface area contributed by atoms with Gasteiger partial charge in [-0.3, -0.25) is 4.68 Å². The fourth-order valence-electron chi connectivity index (χ4n) is 2.84. The molecule has 1 aromatic rings. The van der Waals surface area contributed by atoms with Gasteiger partial charge in [0.05, 0.1) is 6.20 Å². The zero-order chi connectivity index (χ0) is 12.3. The number of aryl methyl sites for hydroxylation is 1. The van der Waals surface area contributed by atoms with Gasteiger partial charge in [0.15, 0.2) is 0 Å². The van der Waals surface area contributed by atoms with Gasteiger partial charge in [0.1, 0.15) is 0 Å². The van der Waals surface area contributed by atoms with E-state index in [1.807, 2.05) is 0 Å². The maximum atomic E-state index is 4.45. The molecular weight excluding hydrogens is 210 g/mol. The summed E-state index contributed by atoms with van der Waals surface area (Å²) in [6.45, 7) is 8.99. The van der Waals surface area contributed by atoms with E-state index < -0.39 is 0 Å². The number of aromatic nitrogens is 2. The molecule has 3 nitrogen and oxygen atoms in total. The minimum Gasteiger partial charge on any atom is -0.313 e. The van der Waals surface area contributed by atoms with Crippen molar-refractivity contribution in [1.29, 1.82) is 0 Å². The molecule has 0 radical (unpaired) electrons. The van der Waals surface area contributed by atoms with Gasteiger partial charge in [0, 0.05) is 24.7 Å². The summed E-state index contributed by atoms with van der Waals surface area (Å²) < 4.78 is 2.08. The molecule has 0 saturated carbocycles. The highest BCUT2D eigenvalue weighted by Gasteiger charge is 2.29. The Hall–Kier alpha value is -0.830. The summed E-state index contributed by atoms with van der Waals surface area (Å²) in [7, 11) is 0. The average Bonchev–Trinajstić information content (AvgIpc) is 2.86. The van der Waals surface area contributed by atoms with E-state index in [4.69, 9.17) is 0 Å². The number of rotatable bonds is 5. The molecule has 0 amide bonds. The average molecular weight is 235 g/mol. The largest absolute Gasteiger partial charge is 0.313 e. The van der Waals surface area contributed by atoms with Crippen LogP contribution in [-0.4, -0.2) is 22.4 Å².